The van der Waals surface area contributed by atoms with Crippen molar-refractivity contribution in [3.63, 3.8) is 0 Å². The van der Waals surface area contributed by atoms with E-state index in [4.69, 9.17) is 4.74 Å². The Labute approximate surface area is 274 Å². The van der Waals surface area contributed by atoms with Crippen LogP contribution in [0.15, 0.2) is 115 Å². The van der Waals surface area contributed by atoms with E-state index in [-0.39, 0.29) is 16.2 Å². The summed E-state index contributed by atoms with van der Waals surface area (Å²) >= 11 is 0. The van der Waals surface area contributed by atoms with Crippen molar-refractivity contribution in [2.45, 2.75) is 78.7 Å². The Morgan fingerprint density at radius 3 is 2.17 bits per heavy atom. The zero-order chi connectivity index (χ0) is 32.7. The molecule has 0 aromatic heterocycles. The van der Waals surface area contributed by atoms with Gasteiger partial charge in [0.2, 0.25) is 0 Å². The molecule has 0 amide bonds. The molecule has 7 rings (SSSR count). The number of carbonyl (C=O) groups excluding carboxylic acids is 1. The second kappa shape index (κ2) is 12.1. The van der Waals surface area contributed by atoms with Gasteiger partial charge in [0.15, 0.2) is 0 Å². The number of fused-ring (bicyclic) bond motifs is 5. The van der Waals surface area contributed by atoms with Crippen molar-refractivity contribution >= 4 is 33.4 Å². The van der Waals surface area contributed by atoms with Gasteiger partial charge in [-0.25, -0.2) is 0 Å². The normalized spacial score (nSPS) is 16.3. The summed E-state index contributed by atoms with van der Waals surface area (Å²) in [6, 6.07) is 33.7. The van der Waals surface area contributed by atoms with Crippen molar-refractivity contribution in [2.24, 2.45) is 5.41 Å². The quantitative estimate of drug-likeness (QED) is 0.190. The molecule has 0 spiro atoms. The van der Waals surface area contributed by atoms with Crippen molar-refractivity contribution in [3.05, 3.63) is 143 Å². The Morgan fingerprint density at radius 1 is 0.761 bits per heavy atom. The summed E-state index contributed by atoms with van der Waals surface area (Å²) < 4.78 is 6.53. The number of benzene rings is 5. The highest BCUT2D eigenvalue weighted by atomic mass is 16.5. The molecule has 46 heavy (non-hydrogen) atoms. The molecule has 0 aliphatic heterocycles. The van der Waals surface area contributed by atoms with Gasteiger partial charge in [0.25, 0.3) is 0 Å². The fourth-order valence-electron chi connectivity index (χ4n) is 7.13. The molecule has 2 aliphatic carbocycles. The summed E-state index contributed by atoms with van der Waals surface area (Å²) in [7, 11) is 0. The number of hydrogen-bond donors (Lipinski definition) is 0. The predicted molar refractivity (Wildman–Crippen MR) is 195 cm³/mol. The van der Waals surface area contributed by atoms with Crippen molar-refractivity contribution in [1.29, 1.82) is 0 Å². The summed E-state index contributed by atoms with van der Waals surface area (Å²) in [5.74, 6) is 0.992. The van der Waals surface area contributed by atoms with E-state index >= 15 is 0 Å². The first-order chi connectivity index (χ1) is 21.8. The highest BCUT2D eigenvalue weighted by Gasteiger charge is 2.37. The smallest absolute Gasteiger partial charge is 0.150 e. The van der Waals surface area contributed by atoms with E-state index in [9.17, 15) is 4.79 Å². The summed E-state index contributed by atoms with van der Waals surface area (Å²) in [6.45, 7) is 16.8. The largest absolute Gasteiger partial charge is 0.488 e. The van der Waals surface area contributed by atoms with Crippen LogP contribution in [0.5, 0.6) is 5.75 Å². The van der Waals surface area contributed by atoms with E-state index < -0.39 is 0 Å². The SMILES string of the molecule is CC1(C)C=CC2=C(C1)CC(C)(C)c1c2ccc2cccc(OCc3ccc(C(C)(C)C)cc3)c12.O=Cc1ccc2ccccc2c1. The van der Waals surface area contributed by atoms with E-state index in [0.29, 0.717) is 6.61 Å². The van der Waals surface area contributed by atoms with Crippen LogP contribution < -0.4 is 4.74 Å². The average molecular weight is 607 g/mol. The number of rotatable bonds is 4. The first-order valence-corrected chi connectivity index (χ1v) is 16.5. The van der Waals surface area contributed by atoms with Crippen molar-refractivity contribution in [1.82, 2.24) is 0 Å². The topological polar surface area (TPSA) is 26.3 Å². The zero-order valence-electron chi connectivity index (χ0n) is 28.4. The average Bonchev–Trinajstić information content (AvgIpc) is 3.02. The molecule has 0 heterocycles. The lowest BCUT2D eigenvalue weighted by Crippen LogP contribution is -2.28. The predicted octanol–water partition coefficient (Wildman–Crippen LogP) is 11.8. The monoisotopic (exact) mass is 606 g/mol. The molecule has 2 nitrogen and oxygen atoms in total. The van der Waals surface area contributed by atoms with Crippen molar-refractivity contribution < 1.29 is 9.53 Å². The summed E-state index contributed by atoms with van der Waals surface area (Å²) in [4.78, 5) is 10.5. The van der Waals surface area contributed by atoms with E-state index in [0.717, 1.165) is 35.8 Å². The molecule has 5 aromatic rings. The van der Waals surface area contributed by atoms with E-state index in [1.807, 2.05) is 42.5 Å². The minimum atomic E-state index is 0.0583. The Hall–Kier alpha value is -4.43. The minimum absolute atomic E-state index is 0.0583. The van der Waals surface area contributed by atoms with Gasteiger partial charge in [-0.05, 0) is 85.2 Å². The summed E-state index contributed by atoms with van der Waals surface area (Å²) in [5.41, 5.74) is 9.60. The zero-order valence-corrected chi connectivity index (χ0v) is 28.4. The Morgan fingerprint density at radius 2 is 1.46 bits per heavy atom. The first kappa shape index (κ1) is 31.5. The highest BCUT2D eigenvalue weighted by Crippen LogP contribution is 2.52. The van der Waals surface area contributed by atoms with Gasteiger partial charge in [-0.1, -0.05) is 151 Å². The lowest BCUT2D eigenvalue weighted by Gasteiger charge is -2.40. The van der Waals surface area contributed by atoms with Crippen molar-refractivity contribution in [2.75, 3.05) is 0 Å². The van der Waals surface area contributed by atoms with Crippen LogP contribution >= 0.6 is 0 Å². The molecule has 0 fully saturated rings. The molecule has 2 heteroatoms. The van der Waals surface area contributed by atoms with Gasteiger partial charge in [-0.15, -0.1) is 0 Å². The van der Waals surface area contributed by atoms with Gasteiger partial charge in [0.05, 0.1) is 0 Å². The highest BCUT2D eigenvalue weighted by molar-refractivity contribution is 5.98. The third-order valence-electron chi connectivity index (χ3n) is 9.50. The maximum absolute atomic E-state index is 10.5. The van der Waals surface area contributed by atoms with Crippen LogP contribution in [0.4, 0.5) is 0 Å². The third-order valence-corrected chi connectivity index (χ3v) is 9.50. The first-order valence-electron chi connectivity index (χ1n) is 16.5. The summed E-state index contributed by atoms with van der Waals surface area (Å²) in [6.07, 6.45) is 7.88. The molecule has 0 radical (unpaired) electrons. The molecular formula is C44H46O2. The minimum Gasteiger partial charge on any atom is -0.488 e. The van der Waals surface area contributed by atoms with E-state index in [1.54, 1.807) is 5.57 Å². The Bertz CT molecular complexity index is 1980. The molecule has 0 unspecified atom stereocenters. The number of ether oxygens (including phenoxy) is 1. The maximum Gasteiger partial charge on any atom is 0.150 e. The fraction of sp³-hybridized carbons (Fsp3) is 0.295. The van der Waals surface area contributed by atoms with Crippen molar-refractivity contribution in [3.8, 4) is 5.75 Å². The number of carbonyl (C=O) groups is 1. The molecule has 0 N–H and O–H groups in total. The second-order valence-corrected chi connectivity index (χ2v) is 15.4. The molecule has 0 bridgehead atoms. The van der Waals surface area contributed by atoms with Crippen LogP contribution in [0.2, 0.25) is 0 Å². The lowest BCUT2D eigenvalue weighted by atomic mass is 9.64. The third kappa shape index (κ3) is 6.44. The molecule has 5 aromatic carbocycles. The van der Waals surface area contributed by atoms with Gasteiger partial charge in [0.1, 0.15) is 18.6 Å². The van der Waals surface area contributed by atoms with E-state index in [1.165, 1.54) is 44.0 Å². The van der Waals surface area contributed by atoms with Gasteiger partial charge in [-0.2, -0.15) is 0 Å². The number of aldehydes is 1. The lowest BCUT2D eigenvalue weighted by molar-refractivity contribution is 0.112. The number of hydrogen-bond acceptors (Lipinski definition) is 2. The van der Waals surface area contributed by atoms with Gasteiger partial charge in [-0.3, -0.25) is 4.79 Å². The maximum atomic E-state index is 10.5. The molecular weight excluding hydrogens is 560 g/mol. The van der Waals surface area contributed by atoms with Gasteiger partial charge >= 0.3 is 0 Å². The Balaban J connectivity index is 0.000000259. The molecule has 0 saturated carbocycles. The Kier molecular flexibility index (Phi) is 8.27. The van der Waals surface area contributed by atoms with Crippen LogP contribution in [0.25, 0.3) is 27.1 Å². The van der Waals surface area contributed by atoms with Crippen LogP contribution in [0.1, 0.15) is 93.9 Å². The molecule has 234 valence electrons. The van der Waals surface area contributed by atoms with Crippen LogP contribution in [0, 0.1) is 5.41 Å². The molecule has 2 aliphatic rings. The van der Waals surface area contributed by atoms with Crippen LogP contribution in [0.3, 0.4) is 0 Å². The van der Waals surface area contributed by atoms with Crippen LogP contribution in [-0.2, 0) is 17.4 Å². The number of allylic oxidation sites excluding steroid dienone is 4. The van der Waals surface area contributed by atoms with E-state index in [2.05, 4.69) is 115 Å². The fourth-order valence-corrected chi connectivity index (χ4v) is 7.13. The summed E-state index contributed by atoms with van der Waals surface area (Å²) in [5, 5.41) is 4.82. The molecule has 0 atom stereocenters. The standard InChI is InChI=1S/C33H38O.C11H8O/c1-31(2,3)25-14-11-22(12-15-25)21-34-28-10-8-9-23-13-16-27-26-17-18-32(4,5)19-24(26)20-33(6,7)30(27)29(23)28;12-8-9-5-6-10-3-1-2-4-11(10)7-9/h8-18H,19-21H2,1-7H3;1-8H. The van der Waals surface area contributed by atoms with Gasteiger partial charge < -0.3 is 4.74 Å². The molecule has 0 saturated heterocycles. The van der Waals surface area contributed by atoms with Crippen LogP contribution in [-0.4, -0.2) is 6.29 Å². The van der Waals surface area contributed by atoms with Gasteiger partial charge in [0, 0.05) is 10.9 Å². The second-order valence-electron chi connectivity index (χ2n) is 15.4.